The molecule has 19 heavy (non-hydrogen) atoms. The van der Waals surface area contributed by atoms with Crippen LogP contribution in [0.4, 0.5) is 4.39 Å². The molecule has 0 aliphatic heterocycles. The fraction of sp³-hybridized carbons (Fsp3) is 0.133. The molecule has 0 N–H and O–H groups in total. The lowest BCUT2D eigenvalue weighted by atomic mass is 10.1. The number of amides is 1. The van der Waals surface area contributed by atoms with E-state index in [4.69, 9.17) is 11.6 Å². The molecule has 0 saturated heterocycles. The van der Waals surface area contributed by atoms with Crippen LogP contribution in [0.2, 0.25) is 5.02 Å². The van der Waals surface area contributed by atoms with Gasteiger partial charge in [-0.25, -0.2) is 4.39 Å². The molecule has 0 spiro atoms. The van der Waals surface area contributed by atoms with Crippen molar-refractivity contribution in [2.45, 2.75) is 6.54 Å². The van der Waals surface area contributed by atoms with Gasteiger partial charge in [0.05, 0.1) is 0 Å². The second kappa shape index (κ2) is 5.85. The number of rotatable bonds is 3. The number of hydrogen-bond donors (Lipinski definition) is 0. The summed E-state index contributed by atoms with van der Waals surface area (Å²) in [5, 5.41) is 0.327. The number of carbonyl (C=O) groups excluding carboxylic acids is 1. The molecule has 0 radical (unpaired) electrons. The maximum Gasteiger partial charge on any atom is 0.253 e. The number of hydrogen-bond acceptors (Lipinski definition) is 1. The van der Waals surface area contributed by atoms with Crippen molar-refractivity contribution in [1.29, 1.82) is 0 Å². The van der Waals surface area contributed by atoms with Gasteiger partial charge < -0.3 is 4.90 Å². The Kier molecular flexibility index (Phi) is 4.17. The fourth-order valence-corrected chi connectivity index (χ4v) is 2.02. The normalized spacial score (nSPS) is 10.3. The zero-order valence-electron chi connectivity index (χ0n) is 10.4. The van der Waals surface area contributed by atoms with Crippen molar-refractivity contribution >= 4 is 17.5 Å². The van der Waals surface area contributed by atoms with E-state index in [-0.39, 0.29) is 12.5 Å². The van der Waals surface area contributed by atoms with Crippen molar-refractivity contribution < 1.29 is 9.18 Å². The Bertz CT molecular complexity index is 566. The first-order valence-corrected chi connectivity index (χ1v) is 6.21. The van der Waals surface area contributed by atoms with E-state index in [0.29, 0.717) is 16.1 Å². The van der Waals surface area contributed by atoms with Crippen LogP contribution in [-0.4, -0.2) is 17.9 Å². The van der Waals surface area contributed by atoms with Gasteiger partial charge in [0, 0.05) is 29.7 Å². The van der Waals surface area contributed by atoms with E-state index >= 15 is 0 Å². The fourth-order valence-electron chi connectivity index (χ4n) is 1.79. The zero-order valence-corrected chi connectivity index (χ0v) is 11.2. The molecule has 0 aliphatic carbocycles. The zero-order chi connectivity index (χ0) is 13.8. The third kappa shape index (κ3) is 3.12. The van der Waals surface area contributed by atoms with Crippen LogP contribution in [0.25, 0.3) is 0 Å². The molecule has 0 fully saturated rings. The minimum absolute atomic E-state index is 0.138. The largest absolute Gasteiger partial charge is 0.337 e. The molecule has 2 rings (SSSR count). The molecule has 0 aromatic heterocycles. The van der Waals surface area contributed by atoms with E-state index in [0.717, 1.165) is 0 Å². The van der Waals surface area contributed by atoms with Crippen LogP contribution >= 0.6 is 11.6 Å². The van der Waals surface area contributed by atoms with Crippen LogP contribution < -0.4 is 0 Å². The van der Waals surface area contributed by atoms with E-state index in [1.807, 2.05) is 6.07 Å². The highest BCUT2D eigenvalue weighted by Crippen LogP contribution is 2.20. The van der Waals surface area contributed by atoms with Gasteiger partial charge in [0.25, 0.3) is 5.91 Å². The number of nitrogens with zero attached hydrogens (tertiary/aromatic N) is 1. The highest BCUT2D eigenvalue weighted by molar-refractivity contribution is 6.31. The summed E-state index contributed by atoms with van der Waals surface area (Å²) < 4.78 is 13.7. The van der Waals surface area contributed by atoms with Crippen molar-refractivity contribution in [3.8, 4) is 0 Å². The van der Waals surface area contributed by atoms with Crippen molar-refractivity contribution in [2.24, 2.45) is 0 Å². The summed E-state index contributed by atoms with van der Waals surface area (Å²) in [5.74, 6) is -0.569. The van der Waals surface area contributed by atoms with Crippen LogP contribution in [-0.2, 0) is 6.54 Å². The summed E-state index contributed by atoms with van der Waals surface area (Å²) in [6.45, 7) is 0.138. The molecule has 2 nitrogen and oxygen atoms in total. The maximum atomic E-state index is 13.7. The van der Waals surface area contributed by atoms with E-state index in [1.54, 1.807) is 43.4 Å². The molecule has 0 heterocycles. The van der Waals surface area contributed by atoms with Gasteiger partial charge >= 0.3 is 0 Å². The molecule has 0 saturated carbocycles. The van der Waals surface area contributed by atoms with Gasteiger partial charge in [-0.1, -0.05) is 35.9 Å². The average Bonchev–Trinajstić information content (AvgIpc) is 2.43. The van der Waals surface area contributed by atoms with Crippen LogP contribution in [0.15, 0.2) is 48.5 Å². The number of benzene rings is 2. The molecule has 98 valence electrons. The average molecular weight is 278 g/mol. The van der Waals surface area contributed by atoms with E-state index < -0.39 is 5.82 Å². The SMILES string of the molecule is CN(Cc1c(F)cccc1Cl)C(=O)c1ccccc1. The van der Waals surface area contributed by atoms with Crippen molar-refractivity contribution in [3.05, 3.63) is 70.5 Å². The molecule has 0 unspecified atom stereocenters. The summed E-state index contributed by atoms with van der Waals surface area (Å²) in [7, 11) is 1.62. The maximum absolute atomic E-state index is 13.7. The quantitative estimate of drug-likeness (QED) is 0.837. The molecule has 0 bridgehead atoms. The van der Waals surface area contributed by atoms with Gasteiger partial charge in [0.2, 0.25) is 0 Å². The minimum atomic E-state index is -0.403. The highest BCUT2D eigenvalue weighted by Gasteiger charge is 2.15. The predicted molar refractivity (Wildman–Crippen MR) is 73.6 cm³/mol. The van der Waals surface area contributed by atoms with Crippen molar-refractivity contribution in [3.63, 3.8) is 0 Å². The van der Waals surface area contributed by atoms with E-state index in [9.17, 15) is 9.18 Å². The summed E-state index contributed by atoms with van der Waals surface area (Å²) in [6, 6.07) is 13.4. The van der Waals surface area contributed by atoms with Gasteiger partial charge in [0.15, 0.2) is 0 Å². The molecule has 1 amide bonds. The molecule has 0 aliphatic rings. The Balaban J connectivity index is 2.18. The molecule has 0 atom stereocenters. The summed E-state index contributed by atoms with van der Waals surface area (Å²) >= 11 is 5.95. The van der Waals surface area contributed by atoms with Gasteiger partial charge in [-0.2, -0.15) is 0 Å². The standard InChI is InChI=1S/C15H13ClFNO/c1-18(15(19)11-6-3-2-4-7-11)10-12-13(16)8-5-9-14(12)17/h2-9H,10H2,1H3. The van der Waals surface area contributed by atoms with Gasteiger partial charge in [0.1, 0.15) is 5.82 Å². The van der Waals surface area contributed by atoms with E-state index in [1.165, 1.54) is 11.0 Å². The van der Waals surface area contributed by atoms with Crippen LogP contribution in [0, 0.1) is 5.82 Å². The predicted octanol–water partition coefficient (Wildman–Crippen LogP) is 3.75. The van der Waals surface area contributed by atoms with Crippen LogP contribution in [0.3, 0.4) is 0 Å². The monoisotopic (exact) mass is 277 g/mol. The first kappa shape index (κ1) is 13.6. The molecular weight excluding hydrogens is 265 g/mol. The Hall–Kier alpha value is -1.87. The smallest absolute Gasteiger partial charge is 0.253 e. The van der Waals surface area contributed by atoms with Gasteiger partial charge in [-0.3, -0.25) is 4.79 Å². The molecule has 4 heteroatoms. The van der Waals surface area contributed by atoms with E-state index in [2.05, 4.69) is 0 Å². The second-order valence-electron chi connectivity index (χ2n) is 4.23. The Morgan fingerprint density at radius 3 is 2.47 bits per heavy atom. The highest BCUT2D eigenvalue weighted by atomic mass is 35.5. The lowest BCUT2D eigenvalue weighted by molar-refractivity contribution is 0.0784. The van der Waals surface area contributed by atoms with Crippen LogP contribution in [0.1, 0.15) is 15.9 Å². The first-order chi connectivity index (χ1) is 9.09. The number of halogens is 2. The number of carbonyl (C=O) groups is 1. The minimum Gasteiger partial charge on any atom is -0.337 e. The van der Waals surface area contributed by atoms with Crippen LogP contribution in [0.5, 0.6) is 0 Å². The van der Waals surface area contributed by atoms with Gasteiger partial charge in [-0.05, 0) is 24.3 Å². The van der Waals surface area contributed by atoms with Crippen molar-refractivity contribution in [1.82, 2.24) is 4.90 Å². The lowest BCUT2D eigenvalue weighted by Gasteiger charge is -2.18. The summed E-state index contributed by atoms with van der Waals surface area (Å²) in [4.78, 5) is 13.6. The molecule has 2 aromatic carbocycles. The topological polar surface area (TPSA) is 20.3 Å². The molecule has 2 aromatic rings. The second-order valence-corrected chi connectivity index (χ2v) is 4.63. The molecular formula is C15H13ClFNO. The third-order valence-corrected chi connectivity index (χ3v) is 3.18. The Labute approximate surface area is 116 Å². The van der Waals surface area contributed by atoms with Crippen molar-refractivity contribution in [2.75, 3.05) is 7.05 Å². The summed E-state index contributed by atoms with van der Waals surface area (Å²) in [5.41, 5.74) is 0.897. The Morgan fingerprint density at radius 1 is 1.16 bits per heavy atom. The first-order valence-electron chi connectivity index (χ1n) is 5.83. The third-order valence-electron chi connectivity index (χ3n) is 2.82. The lowest BCUT2D eigenvalue weighted by Crippen LogP contribution is -2.26. The Morgan fingerprint density at radius 2 is 1.84 bits per heavy atom. The van der Waals surface area contributed by atoms with Gasteiger partial charge in [-0.15, -0.1) is 0 Å². The summed E-state index contributed by atoms with van der Waals surface area (Å²) in [6.07, 6.45) is 0.